The molecule has 1 heterocycles. The number of carbonyl (C=O) groups is 1. The van der Waals surface area contributed by atoms with Crippen molar-refractivity contribution in [2.45, 2.75) is 32.7 Å². The van der Waals surface area contributed by atoms with Crippen molar-refractivity contribution in [1.82, 2.24) is 4.90 Å². The van der Waals surface area contributed by atoms with Crippen LogP contribution in [0.25, 0.3) is 0 Å². The zero-order chi connectivity index (χ0) is 16.3. The molecule has 0 spiro atoms. The van der Waals surface area contributed by atoms with Gasteiger partial charge in [-0.05, 0) is 24.0 Å². The summed E-state index contributed by atoms with van der Waals surface area (Å²) in [5, 5.41) is 0.818. The van der Waals surface area contributed by atoms with E-state index in [-0.39, 0.29) is 24.0 Å². The van der Waals surface area contributed by atoms with Crippen LogP contribution in [0.1, 0.15) is 26.7 Å². The summed E-state index contributed by atoms with van der Waals surface area (Å²) in [6.07, 6.45) is 1.15. The lowest BCUT2D eigenvalue weighted by Crippen LogP contribution is -2.54. The Morgan fingerprint density at radius 2 is 2.18 bits per heavy atom. The van der Waals surface area contributed by atoms with Gasteiger partial charge in [-0.1, -0.05) is 43.1 Å². The number of amides is 1. The van der Waals surface area contributed by atoms with Crippen molar-refractivity contribution in [2.24, 2.45) is 11.1 Å². The molecule has 2 rings (SSSR count). The smallest absolute Gasteiger partial charge is 0.226 e. The summed E-state index contributed by atoms with van der Waals surface area (Å²) in [7, 11) is 0. The summed E-state index contributed by atoms with van der Waals surface area (Å²) in [6, 6.07) is 5.33. The summed E-state index contributed by atoms with van der Waals surface area (Å²) in [4.78, 5) is 14.1. The maximum absolute atomic E-state index is 12.3. The van der Waals surface area contributed by atoms with Crippen molar-refractivity contribution in [2.75, 3.05) is 19.7 Å². The summed E-state index contributed by atoms with van der Waals surface area (Å²) in [5.74, 6) is 0.584. The molecule has 2 N–H and O–H groups in total. The number of nitrogens with two attached hydrogens (primary N) is 1. The van der Waals surface area contributed by atoms with Crippen LogP contribution in [0.5, 0.6) is 5.75 Å². The van der Waals surface area contributed by atoms with Gasteiger partial charge in [0.2, 0.25) is 5.91 Å². The van der Waals surface area contributed by atoms with Crippen LogP contribution in [-0.2, 0) is 4.79 Å². The highest BCUT2D eigenvalue weighted by Gasteiger charge is 2.35. The van der Waals surface area contributed by atoms with Crippen LogP contribution in [0.4, 0.5) is 0 Å². The third-order valence-electron chi connectivity index (χ3n) is 4.15. The van der Waals surface area contributed by atoms with Gasteiger partial charge in [-0.3, -0.25) is 4.79 Å². The van der Waals surface area contributed by atoms with E-state index in [4.69, 9.17) is 33.7 Å². The van der Waals surface area contributed by atoms with Crippen LogP contribution < -0.4 is 10.5 Å². The van der Waals surface area contributed by atoms with E-state index < -0.39 is 0 Å². The van der Waals surface area contributed by atoms with Gasteiger partial charge in [0.05, 0.1) is 18.1 Å². The zero-order valence-electron chi connectivity index (χ0n) is 12.9. The molecule has 1 aromatic carbocycles. The average Bonchev–Trinajstić information content (AvgIpc) is 2.46. The largest absolute Gasteiger partial charge is 0.491 e. The molecule has 4 nitrogen and oxygen atoms in total. The lowest BCUT2D eigenvalue weighted by Gasteiger charge is -2.42. The Morgan fingerprint density at radius 1 is 1.45 bits per heavy atom. The molecule has 1 aliphatic rings. The Hall–Kier alpha value is -0.970. The summed E-state index contributed by atoms with van der Waals surface area (Å²) >= 11 is 12.0. The Kier molecular flexibility index (Phi) is 5.59. The fourth-order valence-electron chi connectivity index (χ4n) is 2.59. The maximum atomic E-state index is 12.3. The number of nitrogens with zero attached hydrogens (tertiary/aromatic N) is 1. The Morgan fingerprint density at radius 3 is 2.86 bits per heavy atom. The van der Waals surface area contributed by atoms with Crippen LogP contribution in [0.3, 0.4) is 0 Å². The molecule has 1 unspecified atom stereocenters. The SMILES string of the molecule is CC1(C)CN(C(=O)CCOc2cccc(Cl)c2Cl)CCC1N. The van der Waals surface area contributed by atoms with E-state index in [1.165, 1.54) is 0 Å². The second-order valence-electron chi connectivity index (χ2n) is 6.35. The van der Waals surface area contributed by atoms with Crippen LogP contribution in [0.2, 0.25) is 10.0 Å². The van der Waals surface area contributed by atoms with E-state index in [9.17, 15) is 4.79 Å². The highest BCUT2D eigenvalue weighted by atomic mass is 35.5. The van der Waals surface area contributed by atoms with E-state index in [2.05, 4.69) is 13.8 Å². The molecule has 0 saturated carbocycles. The molecule has 0 aromatic heterocycles. The van der Waals surface area contributed by atoms with Crippen LogP contribution in [-0.4, -0.2) is 36.5 Å². The Labute approximate surface area is 141 Å². The summed E-state index contributed by atoms with van der Waals surface area (Å²) < 4.78 is 5.56. The van der Waals surface area contributed by atoms with Crippen LogP contribution in [0.15, 0.2) is 18.2 Å². The number of ether oxygens (including phenoxy) is 1. The molecular weight excluding hydrogens is 323 g/mol. The molecule has 1 aromatic rings. The minimum atomic E-state index is -0.0506. The van der Waals surface area contributed by atoms with Gasteiger partial charge >= 0.3 is 0 Å². The first kappa shape index (κ1) is 17.4. The van der Waals surface area contributed by atoms with Crippen molar-refractivity contribution in [3.63, 3.8) is 0 Å². The minimum absolute atomic E-state index is 0.0506. The number of rotatable bonds is 4. The number of benzene rings is 1. The normalized spacial score (nSPS) is 20.8. The molecule has 0 bridgehead atoms. The van der Waals surface area contributed by atoms with Gasteiger partial charge in [0.1, 0.15) is 10.8 Å². The molecule has 1 fully saturated rings. The Balaban J connectivity index is 1.84. The first-order valence-corrected chi connectivity index (χ1v) is 8.17. The van der Waals surface area contributed by atoms with Gasteiger partial charge in [0.15, 0.2) is 0 Å². The molecule has 122 valence electrons. The first-order chi connectivity index (χ1) is 10.3. The molecule has 1 aliphatic heterocycles. The molecule has 1 atom stereocenters. The highest BCUT2D eigenvalue weighted by Crippen LogP contribution is 2.31. The number of piperidine rings is 1. The molecule has 22 heavy (non-hydrogen) atoms. The molecule has 6 heteroatoms. The molecule has 1 amide bonds. The van der Waals surface area contributed by atoms with Gasteiger partial charge in [0, 0.05) is 19.1 Å². The van der Waals surface area contributed by atoms with Gasteiger partial charge in [-0.15, -0.1) is 0 Å². The second-order valence-corrected chi connectivity index (χ2v) is 7.13. The van der Waals surface area contributed by atoms with Crippen molar-refractivity contribution in [3.05, 3.63) is 28.2 Å². The standard InChI is InChI=1S/C16H22Cl2N2O2/c1-16(2)10-20(8-6-13(16)19)14(21)7-9-22-12-5-3-4-11(17)15(12)18/h3-5,13H,6-10,19H2,1-2H3. The lowest BCUT2D eigenvalue weighted by molar-refractivity contribution is -0.135. The van der Waals surface area contributed by atoms with Crippen LogP contribution >= 0.6 is 23.2 Å². The van der Waals surface area contributed by atoms with E-state index >= 15 is 0 Å². The van der Waals surface area contributed by atoms with Gasteiger partial charge in [0.25, 0.3) is 0 Å². The van der Waals surface area contributed by atoms with E-state index in [1.54, 1.807) is 18.2 Å². The highest BCUT2D eigenvalue weighted by molar-refractivity contribution is 6.42. The average molecular weight is 345 g/mol. The van der Waals surface area contributed by atoms with Gasteiger partial charge in [-0.2, -0.15) is 0 Å². The molecule has 0 radical (unpaired) electrons. The topological polar surface area (TPSA) is 55.6 Å². The third-order valence-corrected chi connectivity index (χ3v) is 4.96. The van der Waals surface area contributed by atoms with Crippen molar-refractivity contribution in [3.8, 4) is 5.75 Å². The number of halogens is 2. The zero-order valence-corrected chi connectivity index (χ0v) is 14.5. The van der Waals surface area contributed by atoms with Crippen molar-refractivity contribution in [1.29, 1.82) is 0 Å². The minimum Gasteiger partial charge on any atom is -0.491 e. The maximum Gasteiger partial charge on any atom is 0.226 e. The van der Waals surface area contributed by atoms with Crippen molar-refractivity contribution < 1.29 is 9.53 Å². The number of carbonyl (C=O) groups excluding carboxylic acids is 1. The fourth-order valence-corrected chi connectivity index (χ4v) is 2.94. The second kappa shape index (κ2) is 7.07. The molecule has 1 saturated heterocycles. The lowest BCUT2D eigenvalue weighted by atomic mass is 9.79. The summed E-state index contributed by atoms with van der Waals surface area (Å²) in [6.45, 7) is 5.87. The summed E-state index contributed by atoms with van der Waals surface area (Å²) in [5.41, 5.74) is 6.04. The van der Waals surface area contributed by atoms with Gasteiger partial charge < -0.3 is 15.4 Å². The van der Waals surface area contributed by atoms with Crippen molar-refractivity contribution >= 4 is 29.1 Å². The third kappa shape index (κ3) is 4.06. The predicted molar refractivity (Wildman–Crippen MR) is 89.5 cm³/mol. The van der Waals surface area contributed by atoms with Gasteiger partial charge in [-0.25, -0.2) is 0 Å². The number of hydrogen-bond acceptors (Lipinski definition) is 3. The predicted octanol–water partition coefficient (Wildman–Crippen LogP) is 3.35. The quantitative estimate of drug-likeness (QED) is 0.911. The fraction of sp³-hybridized carbons (Fsp3) is 0.562. The first-order valence-electron chi connectivity index (χ1n) is 7.41. The molecule has 0 aliphatic carbocycles. The van der Waals surface area contributed by atoms with E-state index in [1.807, 2.05) is 4.90 Å². The van der Waals surface area contributed by atoms with E-state index in [0.717, 1.165) is 6.42 Å². The Bertz CT molecular complexity index is 549. The number of likely N-dealkylation sites (tertiary alicyclic amines) is 1. The van der Waals surface area contributed by atoms with E-state index in [0.29, 0.717) is 35.3 Å². The molecular formula is C16H22Cl2N2O2. The van der Waals surface area contributed by atoms with Crippen LogP contribution in [0, 0.1) is 5.41 Å². The number of hydrogen-bond donors (Lipinski definition) is 1. The monoisotopic (exact) mass is 344 g/mol.